The fourth-order valence-electron chi connectivity index (χ4n) is 7.84. The molecule has 2 bridgehead atoms. The van der Waals surface area contributed by atoms with Gasteiger partial charge in [0.15, 0.2) is 29.8 Å². The number of nitrogens with zero attached hydrogens (tertiary/aromatic N) is 3. The van der Waals surface area contributed by atoms with Crippen molar-refractivity contribution in [1.29, 1.82) is 5.26 Å². The van der Waals surface area contributed by atoms with E-state index in [4.69, 9.17) is 28.4 Å². The maximum Gasteiger partial charge on any atom is 0.231 e. The molecule has 11 heteroatoms. The lowest BCUT2D eigenvalue weighted by Gasteiger charge is -2.60. The Kier molecular flexibility index (Phi) is 8.09. The molecule has 1 saturated heterocycles. The van der Waals surface area contributed by atoms with Crippen molar-refractivity contribution in [3.63, 3.8) is 0 Å². The highest BCUT2D eigenvalue weighted by atomic mass is 16.7. The molecule has 0 aromatic heterocycles. The zero-order chi connectivity index (χ0) is 31.3. The zero-order valence-electron chi connectivity index (χ0n) is 26.2. The molecule has 234 valence electrons. The first-order valence-electron chi connectivity index (χ1n) is 14.9. The van der Waals surface area contributed by atoms with E-state index in [1.807, 2.05) is 13.8 Å². The van der Waals surface area contributed by atoms with Gasteiger partial charge in [-0.3, -0.25) is 14.6 Å². The van der Waals surface area contributed by atoms with Crippen LogP contribution in [0.15, 0.2) is 18.7 Å². The number of hydrogen-bond acceptors (Lipinski definition) is 10. The number of nitriles is 1. The minimum absolute atomic E-state index is 0.0670. The van der Waals surface area contributed by atoms with Gasteiger partial charge in [0.2, 0.25) is 12.7 Å². The molecule has 4 aliphatic heterocycles. The van der Waals surface area contributed by atoms with Gasteiger partial charge in [0.25, 0.3) is 0 Å². The molecular formula is C33H40N4O7. The standard InChI is InChI=1S/C33H40N4O7/c1-8-9-41-30-18(3)31-33(44-16-43-31)27-21(30)12-23-28-26-20(10-17(2)29(40-7)32(26)42-15-39-6)11-22(36(28)5)24(13-34)37(23)25(27)14-35-19(4)38/h8,10,22-25,28H,1,9,11-12,14-16H2,2-7H3,(H,35,38)/t22-,23?,24-,25-,28-/m0/s1. The van der Waals surface area contributed by atoms with Crippen molar-refractivity contribution in [1.82, 2.24) is 15.1 Å². The fourth-order valence-corrected chi connectivity index (χ4v) is 7.84. The molecule has 1 unspecified atom stereocenters. The maximum absolute atomic E-state index is 12.3. The number of ether oxygens (including phenoxy) is 6. The Labute approximate surface area is 258 Å². The van der Waals surface area contributed by atoms with Gasteiger partial charge in [-0.15, -0.1) is 0 Å². The molecule has 2 aromatic rings. The zero-order valence-corrected chi connectivity index (χ0v) is 26.2. The maximum atomic E-state index is 12.3. The minimum Gasteiger partial charge on any atom is -0.493 e. The Morgan fingerprint density at radius 2 is 1.91 bits per heavy atom. The van der Waals surface area contributed by atoms with Gasteiger partial charge in [0.1, 0.15) is 18.4 Å². The number of benzene rings is 2. The van der Waals surface area contributed by atoms with Crippen LogP contribution in [0.5, 0.6) is 28.7 Å². The lowest BCUT2D eigenvalue weighted by Crippen LogP contribution is -2.68. The van der Waals surface area contributed by atoms with Gasteiger partial charge in [-0.25, -0.2) is 0 Å². The van der Waals surface area contributed by atoms with Gasteiger partial charge in [-0.05, 0) is 44.9 Å². The molecule has 11 nitrogen and oxygen atoms in total. The Morgan fingerprint density at radius 1 is 1.14 bits per heavy atom. The molecule has 44 heavy (non-hydrogen) atoms. The monoisotopic (exact) mass is 604 g/mol. The van der Waals surface area contributed by atoms with Crippen molar-refractivity contribution in [3.05, 3.63) is 52.1 Å². The molecular weight excluding hydrogens is 564 g/mol. The van der Waals surface area contributed by atoms with E-state index in [-0.39, 0.29) is 50.2 Å². The topological polar surface area (TPSA) is 115 Å². The number of rotatable bonds is 9. The number of aryl methyl sites for hydroxylation is 1. The van der Waals surface area contributed by atoms with Gasteiger partial charge in [-0.2, -0.15) is 5.26 Å². The number of amides is 1. The fraction of sp³-hybridized carbons (Fsp3) is 0.515. The SMILES string of the molecule is C=CCOc1c(C)c2c(c3c1CC1[C@H]4c5c(cc(C)c(OC)c5OCOC)C[C@@H]([C@H](C#N)N1[C@H]3CNC(C)=O)N4C)OCO2. The highest BCUT2D eigenvalue weighted by Gasteiger charge is 2.57. The summed E-state index contributed by atoms with van der Waals surface area (Å²) in [6, 6.07) is 3.52. The van der Waals surface area contributed by atoms with Crippen molar-refractivity contribution < 1.29 is 33.2 Å². The summed E-state index contributed by atoms with van der Waals surface area (Å²) in [7, 11) is 5.33. The average molecular weight is 605 g/mol. The van der Waals surface area contributed by atoms with Crippen LogP contribution >= 0.6 is 0 Å². The summed E-state index contributed by atoms with van der Waals surface area (Å²) in [4.78, 5) is 16.9. The Balaban J connectivity index is 1.61. The summed E-state index contributed by atoms with van der Waals surface area (Å²) in [5.41, 5.74) is 5.87. The number of methoxy groups -OCH3 is 2. The summed E-state index contributed by atoms with van der Waals surface area (Å²) in [6.45, 7) is 10.1. The number of carbonyl (C=O) groups excluding carboxylic acids is 1. The third kappa shape index (κ3) is 4.55. The average Bonchev–Trinajstić information content (AvgIpc) is 3.49. The number of piperazine rings is 1. The smallest absolute Gasteiger partial charge is 0.231 e. The van der Waals surface area contributed by atoms with Crippen molar-refractivity contribution >= 4 is 5.91 Å². The van der Waals surface area contributed by atoms with Crippen LogP contribution in [0.3, 0.4) is 0 Å². The second-order valence-electron chi connectivity index (χ2n) is 11.8. The van der Waals surface area contributed by atoms with Crippen molar-refractivity contribution in [2.45, 2.75) is 63.8 Å². The summed E-state index contributed by atoms with van der Waals surface area (Å²) < 4.78 is 35.9. The van der Waals surface area contributed by atoms with E-state index in [2.05, 4.69) is 40.9 Å². The summed E-state index contributed by atoms with van der Waals surface area (Å²) in [6.07, 6.45) is 2.93. The van der Waals surface area contributed by atoms with E-state index in [0.29, 0.717) is 42.4 Å². The Morgan fingerprint density at radius 3 is 2.59 bits per heavy atom. The van der Waals surface area contributed by atoms with Crippen LogP contribution < -0.4 is 29.0 Å². The van der Waals surface area contributed by atoms with Gasteiger partial charge in [0, 0.05) is 54.9 Å². The molecule has 2 aromatic carbocycles. The summed E-state index contributed by atoms with van der Waals surface area (Å²) in [5, 5.41) is 13.9. The molecule has 0 radical (unpaired) electrons. The van der Waals surface area contributed by atoms with Crippen molar-refractivity contribution in [3.8, 4) is 34.8 Å². The van der Waals surface area contributed by atoms with Crippen molar-refractivity contribution in [2.75, 3.05) is 48.0 Å². The van der Waals surface area contributed by atoms with E-state index >= 15 is 0 Å². The van der Waals surface area contributed by atoms with E-state index < -0.39 is 6.04 Å². The van der Waals surface area contributed by atoms with E-state index in [1.165, 1.54) is 6.92 Å². The molecule has 6 rings (SSSR count). The third-order valence-corrected chi connectivity index (χ3v) is 9.46. The third-order valence-electron chi connectivity index (χ3n) is 9.46. The van der Waals surface area contributed by atoms with Crippen LogP contribution in [-0.4, -0.2) is 81.8 Å². The van der Waals surface area contributed by atoms with Crippen LogP contribution in [0.4, 0.5) is 0 Å². The van der Waals surface area contributed by atoms with Gasteiger partial charge in [-0.1, -0.05) is 18.7 Å². The Hall–Kier alpha value is -3.98. The molecule has 4 heterocycles. The predicted octanol–water partition coefficient (Wildman–Crippen LogP) is 3.50. The molecule has 1 amide bonds. The van der Waals surface area contributed by atoms with Gasteiger partial charge < -0.3 is 33.7 Å². The number of fused-ring (bicyclic) bond motifs is 9. The first-order chi connectivity index (χ1) is 21.3. The van der Waals surface area contributed by atoms with Gasteiger partial charge in [0.05, 0.1) is 25.3 Å². The molecule has 5 atom stereocenters. The van der Waals surface area contributed by atoms with E-state index in [0.717, 1.165) is 39.1 Å². The highest BCUT2D eigenvalue weighted by molar-refractivity contribution is 5.73. The van der Waals surface area contributed by atoms with Crippen LogP contribution in [0, 0.1) is 25.2 Å². The number of hydrogen-bond donors (Lipinski definition) is 1. The van der Waals surface area contributed by atoms with Gasteiger partial charge >= 0.3 is 0 Å². The lowest BCUT2D eigenvalue weighted by atomic mass is 9.71. The Bertz CT molecular complexity index is 1540. The largest absolute Gasteiger partial charge is 0.493 e. The van der Waals surface area contributed by atoms with Crippen molar-refractivity contribution in [2.24, 2.45) is 0 Å². The molecule has 4 aliphatic rings. The number of nitrogens with one attached hydrogen (secondary N) is 1. The van der Waals surface area contributed by atoms with Crippen LogP contribution in [-0.2, 0) is 22.4 Å². The minimum atomic E-state index is -0.469. The number of carbonyl (C=O) groups is 1. The van der Waals surface area contributed by atoms with Crippen LogP contribution in [0.25, 0.3) is 0 Å². The van der Waals surface area contributed by atoms with E-state index in [1.54, 1.807) is 20.3 Å². The first-order valence-corrected chi connectivity index (χ1v) is 14.9. The molecule has 0 saturated carbocycles. The number of likely N-dealkylation sites (N-methyl/N-ethyl adjacent to an activating group) is 1. The predicted molar refractivity (Wildman–Crippen MR) is 161 cm³/mol. The van der Waals surface area contributed by atoms with E-state index in [9.17, 15) is 10.1 Å². The molecule has 0 aliphatic carbocycles. The lowest BCUT2D eigenvalue weighted by molar-refractivity contribution is -0.120. The summed E-state index contributed by atoms with van der Waals surface area (Å²) >= 11 is 0. The molecule has 1 fully saturated rings. The summed E-state index contributed by atoms with van der Waals surface area (Å²) in [5.74, 6) is 3.19. The highest BCUT2D eigenvalue weighted by Crippen LogP contribution is 2.58. The molecule has 0 spiro atoms. The second kappa shape index (κ2) is 11.8. The first kappa shape index (κ1) is 30.1. The quantitative estimate of drug-likeness (QED) is 0.337. The van der Waals surface area contributed by atoms with Crippen LogP contribution in [0.1, 0.15) is 52.4 Å². The second-order valence-corrected chi connectivity index (χ2v) is 11.8. The normalized spacial score (nSPS) is 24.8. The van der Waals surface area contributed by atoms with Crippen LogP contribution in [0.2, 0.25) is 0 Å². The molecule has 1 N–H and O–H groups in total.